The molecule has 62 valence electrons. The lowest BCUT2D eigenvalue weighted by Crippen LogP contribution is -2.24. The first-order chi connectivity index (χ1) is 5.75. The average Bonchev–Trinajstić information content (AvgIpc) is 2.47. The van der Waals surface area contributed by atoms with Crippen molar-refractivity contribution in [3.63, 3.8) is 0 Å². The number of nitrogens with zero attached hydrogens (tertiary/aromatic N) is 2. The molecule has 1 aromatic rings. The third kappa shape index (κ3) is 1.52. The number of hydrogen-bond acceptors (Lipinski definition) is 5. The molecule has 0 saturated carbocycles. The third-order valence-electron chi connectivity index (χ3n) is 1.08. The van der Waals surface area contributed by atoms with Crippen molar-refractivity contribution in [3.8, 4) is 12.3 Å². The van der Waals surface area contributed by atoms with Crippen molar-refractivity contribution in [3.05, 3.63) is 5.69 Å². The summed E-state index contributed by atoms with van der Waals surface area (Å²) in [5.74, 6) is 1.68. The molecule has 0 atom stereocenters. The third-order valence-corrected chi connectivity index (χ3v) is 1.08. The number of nitrogens with two attached hydrogens (primary N) is 1. The first-order valence-electron chi connectivity index (χ1n) is 3.05. The lowest BCUT2D eigenvalue weighted by atomic mass is 10.4. The number of hydrogen-bond donors (Lipinski definition) is 2. The molecule has 0 bridgehead atoms. The molecule has 1 amide bonds. The molecular formula is C6H6N4O2. The van der Waals surface area contributed by atoms with Crippen LogP contribution in [0.1, 0.15) is 10.5 Å². The van der Waals surface area contributed by atoms with E-state index in [9.17, 15) is 4.79 Å². The lowest BCUT2D eigenvalue weighted by molar-refractivity contribution is 0.0949. The summed E-state index contributed by atoms with van der Waals surface area (Å²) >= 11 is 0. The monoisotopic (exact) mass is 166 g/mol. The Labute approximate surface area is 68.1 Å². The SMILES string of the molecule is C#CCNC(=O)c1nonc1N. The molecule has 1 heterocycles. The fourth-order valence-electron chi connectivity index (χ4n) is 0.568. The van der Waals surface area contributed by atoms with Gasteiger partial charge in [-0.3, -0.25) is 4.79 Å². The Kier molecular flexibility index (Phi) is 2.28. The van der Waals surface area contributed by atoms with Crippen LogP contribution in [0.2, 0.25) is 0 Å². The molecule has 0 aliphatic heterocycles. The van der Waals surface area contributed by atoms with Gasteiger partial charge in [0.2, 0.25) is 11.5 Å². The quantitative estimate of drug-likeness (QED) is 0.550. The van der Waals surface area contributed by atoms with Crippen molar-refractivity contribution >= 4 is 11.7 Å². The fraction of sp³-hybridized carbons (Fsp3) is 0.167. The molecule has 6 heteroatoms. The highest BCUT2D eigenvalue weighted by molar-refractivity contribution is 5.96. The van der Waals surface area contributed by atoms with E-state index < -0.39 is 5.91 Å². The number of carbonyl (C=O) groups excluding carboxylic acids is 1. The zero-order chi connectivity index (χ0) is 8.97. The van der Waals surface area contributed by atoms with Crippen LogP contribution in [-0.4, -0.2) is 22.8 Å². The Balaban J connectivity index is 2.67. The Morgan fingerprint density at radius 2 is 2.50 bits per heavy atom. The van der Waals surface area contributed by atoms with E-state index in [-0.39, 0.29) is 18.1 Å². The maximum Gasteiger partial charge on any atom is 0.278 e. The van der Waals surface area contributed by atoms with Crippen LogP contribution < -0.4 is 11.1 Å². The van der Waals surface area contributed by atoms with E-state index in [1.54, 1.807) is 0 Å². The minimum absolute atomic E-state index is 0.0507. The fourth-order valence-corrected chi connectivity index (χ4v) is 0.568. The van der Waals surface area contributed by atoms with Crippen molar-refractivity contribution in [2.75, 3.05) is 12.3 Å². The second kappa shape index (κ2) is 3.39. The summed E-state index contributed by atoms with van der Waals surface area (Å²) in [4.78, 5) is 11.0. The number of nitrogen functional groups attached to an aromatic ring is 1. The summed E-state index contributed by atoms with van der Waals surface area (Å²) < 4.78 is 4.21. The van der Waals surface area contributed by atoms with E-state index >= 15 is 0 Å². The molecule has 1 aromatic heterocycles. The molecule has 0 unspecified atom stereocenters. The van der Waals surface area contributed by atoms with Crippen LogP contribution in [0.5, 0.6) is 0 Å². The first-order valence-corrected chi connectivity index (χ1v) is 3.05. The second-order valence-corrected chi connectivity index (χ2v) is 1.88. The highest BCUT2D eigenvalue weighted by Crippen LogP contribution is 2.02. The Morgan fingerprint density at radius 1 is 1.75 bits per heavy atom. The minimum Gasteiger partial charge on any atom is -0.379 e. The number of terminal acetylenes is 1. The van der Waals surface area contributed by atoms with Crippen LogP contribution in [0.3, 0.4) is 0 Å². The van der Waals surface area contributed by atoms with Crippen LogP contribution in [-0.2, 0) is 0 Å². The topological polar surface area (TPSA) is 94.0 Å². The maximum absolute atomic E-state index is 11.0. The van der Waals surface area contributed by atoms with E-state index in [4.69, 9.17) is 12.2 Å². The smallest absolute Gasteiger partial charge is 0.278 e. The zero-order valence-electron chi connectivity index (χ0n) is 6.07. The van der Waals surface area contributed by atoms with Crippen molar-refractivity contribution in [1.82, 2.24) is 15.6 Å². The highest BCUT2D eigenvalue weighted by atomic mass is 16.6. The Morgan fingerprint density at radius 3 is 3.00 bits per heavy atom. The van der Waals surface area contributed by atoms with Gasteiger partial charge >= 0.3 is 0 Å². The van der Waals surface area contributed by atoms with Crippen LogP contribution in [0.4, 0.5) is 5.82 Å². The molecular weight excluding hydrogens is 160 g/mol. The molecule has 1 rings (SSSR count). The summed E-state index contributed by atoms with van der Waals surface area (Å²) in [6.45, 7) is 0.116. The van der Waals surface area contributed by atoms with Gasteiger partial charge in [-0.05, 0) is 10.3 Å². The van der Waals surface area contributed by atoms with Crippen LogP contribution in [0.15, 0.2) is 4.63 Å². The summed E-state index contributed by atoms with van der Waals surface area (Å²) in [6, 6.07) is 0. The second-order valence-electron chi connectivity index (χ2n) is 1.88. The predicted octanol–water partition coefficient (Wildman–Crippen LogP) is -0.985. The van der Waals surface area contributed by atoms with E-state index in [0.717, 1.165) is 0 Å². The van der Waals surface area contributed by atoms with E-state index in [0.29, 0.717) is 0 Å². The Bertz CT molecular complexity index is 325. The van der Waals surface area contributed by atoms with Crippen LogP contribution >= 0.6 is 0 Å². The van der Waals surface area contributed by atoms with Crippen molar-refractivity contribution in [2.45, 2.75) is 0 Å². The molecule has 3 N–H and O–H groups in total. The number of nitrogens with one attached hydrogen (secondary N) is 1. The summed E-state index contributed by atoms with van der Waals surface area (Å²) in [6.07, 6.45) is 4.91. The summed E-state index contributed by atoms with van der Waals surface area (Å²) in [5.41, 5.74) is 5.18. The molecule has 6 nitrogen and oxygen atoms in total. The standard InChI is InChI=1S/C6H6N4O2/c1-2-3-8-6(11)4-5(7)10-12-9-4/h1H,3H2,(H2,7,10)(H,8,11). The molecule has 0 radical (unpaired) electrons. The molecule has 0 fully saturated rings. The van der Waals surface area contributed by atoms with Gasteiger partial charge in [0.05, 0.1) is 6.54 Å². The van der Waals surface area contributed by atoms with Crippen molar-refractivity contribution in [2.24, 2.45) is 0 Å². The number of amides is 1. The lowest BCUT2D eigenvalue weighted by Gasteiger charge is -1.94. The summed E-state index contributed by atoms with van der Waals surface area (Å²) in [5, 5.41) is 8.86. The van der Waals surface area contributed by atoms with Gasteiger partial charge in [0.25, 0.3) is 5.91 Å². The molecule has 12 heavy (non-hydrogen) atoms. The van der Waals surface area contributed by atoms with Gasteiger partial charge in [0, 0.05) is 0 Å². The van der Waals surface area contributed by atoms with Crippen molar-refractivity contribution < 1.29 is 9.42 Å². The maximum atomic E-state index is 11.0. The van der Waals surface area contributed by atoms with Crippen molar-refractivity contribution in [1.29, 1.82) is 0 Å². The predicted molar refractivity (Wildman–Crippen MR) is 39.9 cm³/mol. The van der Waals surface area contributed by atoms with Gasteiger partial charge in [-0.2, -0.15) is 0 Å². The molecule has 0 aliphatic carbocycles. The molecule has 0 aromatic carbocycles. The van der Waals surface area contributed by atoms with Gasteiger partial charge in [0.1, 0.15) is 0 Å². The van der Waals surface area contributed by atoms with E-state index in [1.165, 1.54) is 0 Å². The van der Waals surface area contributed by atoms with Gasteiger partial charge < -0.3 is 11.1 Å². The Hall–Kier alpha value is -2.03. The number of anilines is 1. The molecule has 0 saturated heterocycles. The average molecular weight is 166 g/mol. The molecule has 0 aliphatic rings. The minimum atomic E-state index is -0.494. The van der Waals surface area contributed by atoms with Crippen LogP contribution in [0, 0.1) is 12.3 Å². The van der Waals surface area contributed by atoms with Crippen LogP contribution in [0.25, 0.3) is 0 Å². The summed E-state index contributed by atoms with van der Waals surface area (Å²) in [7, 11) is 0. The van der Waals surface area contributed by atoms with Gasteiger partial charge in [-0.25, -0.2) is 4.63 Å². The first kappa shape index (κ1) is 8.07. The number of aromatic nitrogens is 2. The van der Waals surface area contributed by atoms with Gasteiger partial charge in [-0.15, -0.1) is 6.42 Å². The number of rotatable bonds is 2. The normalized spacial score (nSPS) is 8.92. The number of carbonyl (C=O) groups is 1. The highest BCUT2D eigenvalue weighted by Gasteiger charge is 2.14. The van der Waals surface area contributed by atoms with Gasteiger partial charge in [-0.1, -0.05) is 5.92 Å². The van der Waals surface area contributed by atoms with Gasteiger partial charge in [0.15, 0.2) is 0 Å². The zero-order valence-corrected chi connectivity index (χ0v) is 6.07. The van der Waals surface area contributed by atoms with E-state index in [1.807, 2.05) is 0 Å². The largest absolute Gasteiger partial charge is 0.379 e. The molecule has 0 spiro atoms. The van der Waals surface area contributed by atoms with E-state index in [2.05, 4.69) is 26.2 Å².